The van der Waals surface area contributed by atoms with Crippen LogP contribution in [0, 0.1) is 13.8 Å². The van der Waals surface area contributed by atoms with Crippen molar-refractivity contribution in [1.29, 1.82) is 0 Å². The van der Waals surface area contributed by atoms with Crippen molar-refractivity contribution in [1.82, 2.24) is 25.9 Å². The monoisotopic (exact) mass is 740 g/mol. The van der Waals surface area contributed by atoms with Crippen LogP contribution in [0.15, 0.2) is 79.0 Å². The molecule has 0 fully saturated rings. The fraction of sp³-hybridized carbons (Fsp3) is 0.262. The second-order valence-electron chi connectivity index (χ2n) is 13.7. The number of anilines is 1. The van der Waals surface area contributed by atoms with E-state index in [1.165, 1.54) is 11.8 Å². The number of amides is 5. The molecule has 4 aromatic carbocycles. The van der Waals surface area contributed by atoms with E-state index in [0.29, 0.717) is 45.0 Å². The minimum Gasteiger partial charge on any atom is -0.368 e. The van der Waals surface area contributed by atoms with Gasteiger partial charge in [-0.05, 0) is 77.9 Å². The summed E-state index contributed by atoms with van der Waals surface area (Å²) in [7, 11) is 0. The molecule has 6 rings (SSSR count). The van der Waals surface area contributed by atoms with Crippen molar-refractivity contribution >= 4 is 46.0 Å². The third kappa shape index (κ3) is 8.68. The zero-order valence-corrected chi connectivity index (χ0v) is 31.0. The number of nitrogens with two attached hydrogens (primary N) is 2. The number of rotatable bonds is 9. The van der Waals surface area contributed by atoms with E-state index in [9.17, 15) is 24.0 Å². The molecule has 1 unspecified atom stereocenters. The molecule has 0 spiro atoms. The number of nitrogens with one attached hydrogen (secondary N) is 4. The summed E-state index contributed by atoms with van der Waals surface area (Å²) in [4.78, 5) is 74.6. The Bertz CT molecular complexity index is 2320. The van der Waals surface area contributed by atoms with Gasteiger partial charge in [0.1, 0.15) is 12.1 Å². The Balaban J connectivity index is 1.29. The van der Waals surface area contributed by atoms with Crippen LogP contribution < -0.4 is 32.7 Å². The summed E-state index contributed by atoms with van der Waals surface area (Å²) in [6.07, 6.45) is 2.57. The van der Waals surface area contributed by atoms with Gasteiger partial charge in [-0.2, -0.15) is 0 Å². The Morgan fingerprint density at radius 3 is 2.44 bits per heavy atom. The molecule has 4 bridgehead atoms. The van der Waals surface area contributed by atoms with Crippen molar-refractivity contribution in [2.45, 2.75) is 58.5 Å². The van der Waals surface area contributed by atoms with Gasteiger partial charge in [-0.25, -0.2) is 9.97 Å². The average Bonchev–Trinajstić information content (AvgIpc) is 3.16. The second-order valence-corrected chi connectivity index (χ2v) is 13.7. The van der Waals surface area contributed by atoms with E-state index in [2.05, 4.69) is 45.3 Å². The van der Waals surface area contributed by atoms with Crippen molar-refractivity contribution in [2.24, 2.45) is 11.5 Å². The molecule has 0 saturated heterocycles. The minimum atomic E-state index is -1.04. The van der Waals surface area contributed by atoms with Gasteiger partial charge in [0.05, 0.1) is 29.9 Å². The van der Waals surface area contributed by atoms with Crippen LogP contribution in [-0.4, -0.2) is 64.7 Å². The lowest BCUT2D eigenvalue weighted by Crippen LogP contribution is -2.49. The SMILES string of the molecule is CCc1ccc(-c2ncc(C(=O)N[C@@H](CCN)C(=O)Nc3c(C)cc4cc3-c3cccc(c3)CC(=O)NCC(=O)NC(C(N)=O)C4)c(C)n2)c2ccccc12. The van der Waals surface area contributed by atoms with Crippen LogP contribution in [0.25, 0.3) is 33.3 Å². The molecule has 13 heteroatoms. The lowest BCUT2D eigenvalue weighted by molar-refractivity contribution is -0.128. The van der Waals surface area contributed by atoms with Crippen LogP contribution in [0.5, 0.6) is 0 Å². The summed E-state index contributed by atoms with van der Waals surface area (Å²) >= 11 is 0. The maximum Gasteiger partial charge on any atom is 0.255 e. The van der Waals surface area contributed by atoms with E-state index in [1.54, 1.807) is 32.0 Å². The molecular formula is C42H44N8O5. The highest BCUT2D eigenvalue weighted by Gasteiger charge is 2.26. The maximum absolute atomic E-state index is 14.0. The van der Waals surface area contributed by atoms with E-state index in [-0.39, 0.29) is 43.8 Å². The lowest BCUT2D eigenvalue weighted by atomic mass is 9.93. The zero-order chi connectivity index (χ0) is 39.2. The Hall–Kier alpha value is -6.47. The highest BCUT2D eigenvalue weighted by atomic mass is 16.2. The molecule has 0 saturated carbocycles. The summed E-state index contributed by atoms with van der Waals surface area (Å²) < 4.78 is 0. The van der Waals surface area contributed by atoms with E-state index < -0.39 is 35.7 Å². The first-order valence-corrected chi connectivity index (χ1v) is 18.2. The molecule has 0 radical (unpaired) electrons. The van der Waals surface area contributed by atoms with Crippen LogP contribution in [0.3, 0.4) is 0 Å². The highest BCUT2D eigenvalue weighted by Crippen LogP contribution is 2.34. The van der Waals surface area contributed by atoms with Gasteiger partial charge in [0.25, 0.3) is 5.91 Å². The molecule has 0 aliphatic carbocycles. The summed E-state index contributed by atoms with van der Waals surface area (Å²) in [5, 5.41) is 13.2. The van der Waals surface area contributed by atoms with Crippen molar-refractivity contribution in [3.63, 3.8) is 0 Å². The molecule has 5 aromatic rings. The first-order valence-electron chi connectivity index (χ1n) is 18.2. The number of aromatic nitrogens is 2. The molecular weight excluding hydrogens is 697 g/mol. The summed E-state index contributed by atoms with van der Waals surface area (Å²) in [6.45, 7) is 5.45. The number of primary amides is 1. The van der Waals surface area contributed by atoms with Crippen molar-refractivity contribution in [3.05, 3.63) is 113 Å². The van der Waals surface area contributed by atoms with Gasteiger partial charge < -0.3 is 32.7 Å². The Labute approximate surface area is 318 Å². The largest absolute Gasteiger partial charge is 0.368 e. The van der Waals surface area contributed by atoms with Gasteiger partial charge in [0.15, 0.2) is 5.82 Å². The Morgan fingerprint density at radius 1 is 0.927 bits per heavy atom. The third-order valence-electron chi connectivity index (χ3n) is 9.75. The van der Waals surface area contributed by atoms with Gasteiger partial charge in [-0.1, -0.05) is 73.7 Å². The number of fused-ring (bicyclic) bond motifs is 6. The molecule has 2 atom stereocenters. The summed E-state index contributed by atoms with van der Waals surface area (Å²) in [5.41, 5.74) is 18.1. The number of hydrogen-bond donors (Lipinski definition) is 6. The molecule has 5 amide bonds. The molecule has 282 valence electrons. The van der Waals surface area contributed by atoms with Crippen LogP contribution in [0.1, 0.15) is 51.7 Å². The predicted octanol–water partition coefficient (Wildman–Crippen LogP) is 3.41. The van der Waals surface area contributed by atoms with E-state index in [0.717, 1.165) is 22.8 Å². The van der Waals surface area contributed by atoms with Crippen molar-refractivity contribution < 1.29 is 24.0 Å². The van der Waals surface area contributed by atoms with Crippen LogP contribution >= 0.6 is 0 Å². The van der Waals surface area contributed by atoms with Crippen LogP contribution in [-0.2, 0) is 38.4 Å². The van der Waals surface area contributed by atoms with Crippen LogP contribution in [0.2, 0.25) is 0 Å². The highest BCUT2D eigenvalue weighted by molar-refractivity contribution is 6.04. The number of carbonyl (C=O) groups is 5. The molecule has 13 nitrogen and oxygen atoms in total. The number of aryl methyl sites for hydroxylation is 3. The normalized spacial score (nSPS) is 14.9. The lowest BCUT2D eigenvalue weighted by Gasteiger charge is -2.23. The average molecular weight is 741 g/mol. The van der Waals surface area contributed by atoms with Gasteiger partial charge >= 0.3 is 0 Å². The number of carbonyl (C=O) groups excluding carboxylic acids is 5. The van der Waals surface area contributed by atoms with Gasteiger partial charge in [-0.15, -0.1) is 0 Å². The van der Waals surface area contributed by atoms with Crippen molar-refractivity contribution in [3.8, 4) is 22.5 Å². The standard InChI is InChI=1S/C42H44N8O5/c1-4-27-12-13-31(30-11-6-5-10-29(27)30)40-46-21-33(24(3)47-40)41(54)49-34(14-15-43)42(55)50-38-23(2)16-26-18-32(38)28-9-7-8-25(17-28)20-36(51)45-22-37(52)48-35(19-26)39(44)53/h5-13,16-18,21,34-35H,4,14-15,19-20,22,43H2,1-3H3,(H2,44,53)(H,45,51)(H,48,52)(H,49,54)(H,50,55)/t34-,35?/m0/s1. The molecule has 2 heterocycles. The fourth-order valence-electron chi connectivity index (χ4n) is 6.92. The molecule has 1 aliphatic rings. The second kappa shape index (κ2) is 16.7. The van der Waals surface area contributed by atoms with Crippen molar-refractivity contribution in [2.75, 3.05) is 18.4 Å². The number of hydrogen-bond acceptors (Lipinski definition) is 8. The van der Waals surface area contributed by atoms with Gasteiger partial charge in [0, 0.05) is 23.7 Å². The third-order valence-corrected chi connectivity index (χ3v) is 9.75. The van der Waals surface area contributed by atoms with E-state index in [1.807, 2.05) is 42.5 Å². The summed E-state index contributed by atoms with van der Waals surface area (Å²) in [5.74, 6) is -2.20. The topological polar surface area (TPSA) is 211 Å². The minimum absolute atomic E-state index is 0.00280. The quantitative estimate of drug-likeness (QED) is 0.132. The van der Waals surface area contributed by atoms with Gasteiger partial charge in [-0.3, -0.25) is 24.0 Å². The smallest absolute Gasteiger partial charge is 0.255 e. The number of nitrogens with zero attached hydrogens (tertiary/aromatic N) is 2. The predicted molar refractivity (Wildman–Crippen MR) is 211 cm³/mol. The first-order chi connectivity index (χ1) is 26.4. The Kier molecular flexibility index (Phi) is 11.6. The molecule has 1 aliphatic heterocycles. The van der Waals surface area contributed by atoms with E-state index in [4.69, 9.17) is 16.5 Å². The zero-order valence-electron chi connectivity index (χ0n) is 31.0. The fourth-order valence-corrected chi connectivity index (χ4v) is 6.92. The molecule has 8 N–H and O–H groups in total. The van der Waals surface area contributed by atoms with Gasteiger partial charge in [0.2, 0.25) is 23.6 Å². The molecule has 55 heavy (non-hydrogen) atoms. The number of benzene rings is 4. The van der Waals surface area contributed by atoms with Crippen LogP contribution in [0.4, 0.5) is 5.69 Å². The Morgan fingerprint density at radius 2 is 1.71 bits per heavy atom. The first kappa shape index (κ1) is 38.3. The maximum atomic E-state index is 14.0. The molecule has 1 aromatic heterocycles. The van der Waals surface area contributed by atoms with E-state index >= 15 is 0 Å². The summed E-state index contributed by atoms with van der Waals surface area (Å²) in [6, 6.07) is 21.0.